The highest BCUT2D eigenvalue weighted by Gasteiger charge is 2.38. The summed E-state index contributed by atoms with van der Waals surface area (Å²) in [6, 6.07) is 9.41. The molecule has 0 bridgehead atoms. The number of carboxylic acids is 1. The molecule has 0 saturated heterocycles. The quantitative estimate of drug-likeness (QED) is 0.733. The predicted molar refractivity (Wildman–Crippen MR) is 59.7 cm³/mol. The van der Waals surface area contributed by atoms with Crippen LogP contribution in [0.4, 0.5) is 0 Å². The van der Waals surface area contributed by atoms with Crippen LogP contribution in [0.25, 0.3) is 0 Å². The molecular formula is C12H15NO3. The zero-order chi connectivity index (χ0) is 12.2. The van der Waals surface area contributed by atoms with Gasteiger partial charge >= 0.3 is 5.97 Å². The minimum atomic E-state index is -1.49. The molecule has 1 amide bonds. The van der Waals surface area contributed by atoms with E-state index in [-0.39, 0.29) is 6.42 Å². The van der Waals surface area contributed by atoms with E-state index < -0.39 is 17.3 Å². The van der Waals surface area contributed by atoms with Crippen molar-refractivity contribution in [2.24, 2.45) is 11.1 Å². The summed E-state index contributed by atoms with van der Waals surface area (Å²) in [6.07, 6.45) is 0.730. The normalized spacial score (nSPS) is 14.1. The first-order valence-electron chi connectivity index (χ1n) is 5.04. The minimum absolute atomic E-state index is 0.210. The molecule has 3 N–H and O–H groups in total. The maximum atomic E-state index is 11.1. The Bertz CT molecular complexity index is 373. The van der Waals surface area contributed by atoms with Gasteiger partial charge in [-0.25, -0.2) is 0 Å². The number of nitrogens with two attached hydrogens (primary N) is 1. The van der Waals surface area contributed by atoms with Gasteiger partial charge in [0.25, 0.3) is 0 Å². The van der Waals surface area contributed by atoms with E-state index in [4.69, 9.17) is 10.8 Å². The average molecular weight is 221 g/mol. The summed E-state index contributed by atoms with van der Waals surface area (Å²) in [4.78, 5) is 22.1. The minimum Gasteiger partial charge on any atom is -0.480 e. The van der Waals surface area contributed by atoms with Crippen LogP contribution < -0.4 is 5.73 Å². The van der Waals surface area contributed by atoms with Crippen molar-refractivity contribution in [1.82, 2.24) is 0 Å². The number of benzene rings is 1. The second-order valence-corrected chi connectivity index (χ2v) is 3.99. The van der Waals surface area contributed by atoms with Gasteiger partial charge in [-0.1, -0.05) is 30.3 Å². The number of aryl methyl sites for hydroxylation is 1. The molecular weight excluding hydrogens is 206 g/mol. The smallest absolute Gasteiger partial charge is 0.318 e. The van der Waals surface area contributed by atoms with Gasteiger partial charge in [0.1, 0.15) is 5.41 Å². The molecule has 4 nitrogen and oxygen atoms in total. The first kappa shape index (κ1) is 12.2. The summed E-state index contributed by atoms with van der Waals surface area (Å²) >= 11 is 0. The highest BCUT2D eigenvalue weighted by Crippen LogP contribution is 2.23. The van der Waals surface area contributed by atoms with E-state index >= 15 is 0 Å². The first-order valence-corrected chi connectivity index (χ1v) is 5.04. The second kappa shape index (κ2) is 4.79. The molecule has 0 aliphatic heterocycles. The summed E-state index contributed by atoms with van der Waals surface area (Å²) in [5.41, 5.74) is 4.62. The fraction of sp³-hybridized carbons (Fsp3) is 0.333. The Morgan fingerprint density at radius 3 is 2.31 bits per heavy atom. The fourth-order valence-corrected chi connectivity index (χ4v) is 1.37. The van der Waals surface area contributed by atoms with Gasteiger partial charge in [0.05, 0.1) is 0 Å². The molecule has 0 spiro atoms. The topological polar surface area (TPSA) is 80.4 Å². The Morgan fingerprint density at radius 2 is 1.88 bits per heavy atom. The Labute approximate surface area is 94.1 Å². The van der Waals surface area contributed by atoms with Gasteiger partial charge in [0, 0.05) is 0 Å². The molecule has 1 rings (SSSR count). The molecule has 1 aromatic rings. The summed E-state index contributed by atoms with van der Waals surface area (Å²) < 4.78 is 0. The third-order valence-electron chi connectivity index (χ3n) is 2.77. The van der Waals surface area contributed by atoms with E-state index in [0.717, 1.165) is 5.56 Å². The second-order valence-electron chi connectivity index (χ2n) is 3.99. The molecule has 4 heteroatoms. The molecule has 86 valence electrons. The molecule has 0 fully saturated rings. The van der Waals surface area contributed by atoms with E-state index in [1.165, 1.54) is 6.92 Å². The van der Waals surface area contributed by atoms with Crippen LogP contribution in [0.5, 0.6) is 0 Å². The predicted octanol–water partition coefficient (Wildman–Crippen LogP) is 1.20. The van der Waals surface area contributed by atoms with E-state index in [9.17, 15) is 9.59 Å². The largest absolute Gasteiger partial charge is 0.480 e. The van der Waals surface area contributed by atoms with Crippen molar-refractivity contribution in [3.05, 3.63) is 35.9 Å². The van der Waals surface area contributed by atoms with Crippen molar-refractivity contribution in [1.29, 1.82) is 0 Å². The van der Waals surface area contributed by atoms with Crippen molar-refractivity contribution in [3.8, 4) is 0 Å². The molecule has 1 unspecified atom stereocenters. The number of hydrogen-bond acceptors (Lipinski definition) is 2. The van der Waals surface area contributed by atoms with Crippen molar-refractivity contribution < 1.29 is 14.7 Å². The summed E-state index contributed by atoms with van der Waals surface area (Å²) in [5.74, 6) is -1.97. The number of carbonyl (C=O) groups excluding carboxylic acids is 1. The third kappa shape index (κ3) is 2.59. The number of primary amides is 1. The van der Waals surface area contributed by atoms with Gasteiger partial charge in [0.15, 0.2) is 0 Å². The van der Waals surface area contributed by atoms with Crippen LogP contribution in [0.1, 0.15) is 18.9 Å². The molecule has 0 aliphatic carbocycles. The van der Waals surface area contributed by atoms with Crippen LogP contribution in [0.3, 0.4) is 0 Å². The summed E-state index contributed by atoms with van der Waals surface area (Å²) in [7, 11) is 0. The molecule has 0 saturated carbocycles. The van der Waals surface area contributed by atoms with Crippen LogP contribution in [0, 0.1) is 5.41 Å². The number of carboxylic acid groups (broad SMARTS) is 1. The van der Waals surface area contributed by atoms with E-state index in [2.05, 4.69) is 0 Å². The van der Waals surface area contributed by atoms with Crippen molar-refractivity contribution in [3.63, 3.8) is 0 Å². The highest BCUT2D eigenvalue weighted by molar-refractivity contribution is 6.00. The van der Waals surface area contributed by atoms with Crippen molar-refractivity contribution in [2.75, 3.05) is 0 Å². The highest BCUT2D eigenvalue weighted by atomic mass is 16.4. The Hall–Kier alpha value is -1.84. The molecule has 0 radical (unpaired) electrons. The lowest BCUT2D eigenvalue weighted by molar-refractivity contribution is -0.153. The lowest BCUT2D eigenvalue weighted by atomic mass is 9.83. The van der Waals surface area contributed by atoms with E-state index in [1.54, 1.807) is 0 Å². The molecule has 0 aromatic heterocycles. The van der Waals surface area contributed by atoms with E-state index in [1.807, 2.05) is 30.3 Å². The van der Waals surface area contributed by atoms with Crippen LogP contribution in [-0.4, -0.2) is 17.0 Å². The third-order valence-corrected chi connectivity index (χ3v) is 2.77. The number of carbonyl (C=O) groups is 2. The maximum absolute atomic E-state index is 11.1. The van der Waals surface area contributed by atoms with Crippen molar-refractivity contribution in [2.45, 2.75) is 19.8 Å². The van der Waals surface area contributed by atoms with Crippen LogP contribution >= 0.6 is 0 Å². The number of aliphatic carboxylic acids is 1. The lowest BCUT2D eigenvalue weighted by Gasteiger charge is -2.20. The molecule has 1 atom stereocenters. The van der Waals surface area contributed by atoms with Gasteiger partial charge in [-0.2, -0.15) is 0 Å². The number of amides is 1. The number of rotatable bonds is 5. The molecule has 0 aliphatic rings. The Balaban J connectivity index is 2.72. The SMILES string of the molecule is CC(CCc1ccccc1)(C(N)=O)C(=O)O. The van der Waals surface area contributed by atoms with Crippen LogP contribution in [-0.2, 0) is 16.0 Å². The Morgan fingerprint density at radius 1 is 1.31 bits per heavy atom. The number of hydrogen-bond donors (Lipinski definition) is 2. The van der Waals surface area contributed by atoms with Crippen LogP contribution in [0.15, 0.2) is 30.3 Å². The first-order chi connectivity index (χ1) is 7.47. The fourth-order valence-electron chi connectivity index (χ4n) is 1.37. The Kier molecular flexibility index (Phi) is 3.66. The zero-order valence-electron chi connectivity index (χ0n) is 9.14. The van der Waals surface area contributed by atoms with E-state index in [0.29, 0.717) is 6.42 Å². The van der Waals surface area contributed by atoms with Gasteiger partial charge in [-0.05, 0) is 25.3 Å². The van der Waals surface area contributed by atoms with Gasteiger partial charge in [0.2, 0.25) is 5.91 Å². The lowest BCUT2D eigenvalue weighted by Crippen LogP contribution is -2.41. The standard InChI is InChI=1S/C12H15NO3/c1-12(10(13)14,11(15)16)8-7-9-5-3-2-4-6-9/h2-6H,7-8H2,1H3,(H2,13,14)(H,15,16). The molecule has 0 heterocycles. The van der Waals surface area contributed by atoms with Gasteiger partial charge < -0.3 is 10.8 Å². The summed E-state index contributed by atoms with van der Waals surface area (Å²) in [5, 5.41) is 8.98. The average Bonchev–Trinajstić information content (AvgIpc) is 2.26. The van der Waals surface area contributed by atoms with Gasteiger partial charge in [-0.15, -0.1) is 0 Å². The van der Waals surface area contributed by atoms with Crippen molar-refractivity contribution >= 4 is 11.9 Å². The monoisotopic (exact) mass is 221 g/mol. The summed E-state index contributed by atoms with van der Waals surface area (Å²) in [6.45, 7) is 1.36. The molecule has 16 heavy (non-hydrogen) atoms. The zero-order valence-corrected chi connectivity index (χ0v) is 9.14. The maximum Gasteiger partial charge on any atom is 0.318 e. The molecule has 1 aromatic carbocycles. The van der Waals surface area contributed by atoms with Gasteiger partial charge in [-0.3, -0.25) is 9.59 Å². The van der Waals surface area contributed by atoms with Crippen LogP contribution in [0.2, 0.25) is 0 Å².